The van der Waals surface area contributed by atoms with Crippen LogP contribution in [0.25, 0.3) is 0 Å². The highest BCUT2D eigenvalue weighted by molar-refractivity contribution is 5.81. The van der Waals surface area contributed by atoms with Gasteiger partial charge >= 0.3 is 0 Å². The normalized spacial score (nSPS) is 20.5. The van der Waals surface area contributed by atoms with Crippen LogP contribution in [0.3, 0.4) is 0 Å². The minimum Gasteiger partial charge on any atom is -0.354 e. The third-order valence-electron chi connectivity index (χ3n) is 4.85. The fourth-order valence-electron chi connectivity index (χ4n) is 2.73. The monoisotopic (exact) mass is 297 g/mol. The molecule has 0 aromatic rings. The first-order chi connectivity index (χ1) is 9.93. The molecule has 124 valence electrons. The first-order valence-electron chi connectivity index (χ1n) is 8.69. The van der Waals surface area contributed by atoms with Gasteiger partial charge in [0.15, 0.2) is 0 Å². The van der Waals surface area contributed by atoms with E-state index in [1.54, 1.807) is 0 Å². The van der Waals surface area contributed by atoms with Gasteiger partial charge in [0.05, 0.1) is 6.04 Å². The zero-order chi connectivity index (χ0) is 15.8. The Balaban J connectivity index is 2.19. The molecule has 0 radical (unpaired) electrons. The number of piperidine rings is 1. The summed E-state index contributed by atoms with van der Waals surface area (Å²) in [5, 5.41) is 3.05. The Kier molecular flexibility index (Phi) is 8.27. The van der Waals surface area contributed by atoms with Crippen molar-refractivity contribution in [3.63, 3.8) is 0 Å². The highest BCUT2D eigenvalue weighted by Crippen LogP contribution is 2.17. The minimum atomic E-state index is -0.360. The van der Waals surface area contributed by atoms with Gasteiger partial charge in [0.25, 0.3) is 0 Å². The molecule has 1 heterocycles. The van der Waals surface area contributed by atoms with Gasteiger partial charge in [-0.25, -0.2) is 0 Å². The molecule has 0 aliphatic carbocycles. The summed E-state index contributed by atoms with van der Waals surface area (Å²) < 4.78 is 0. The minimum absolute atomic E-state index is 0.0200. The number of nitrogens with one attached hydrogen (secondary N) is 1. The van der Waals surface area contributed by atoms with Crippen molar-refractivity contribution in [3.8, 4) is 0 Å². The SMILES string of the molecule is CCC(C)C(N)C(=O)NCC1CCN(CCC(C)C)CC1. The molecular weight excluding hydrogens is 262 g/mol. The summed E-state index contributed by atoms with van der Waals surface area (Å²) in [5.74, 6) is 1.67. The number of hydrogen-bond donors (Lipinski definition) is 2. The molecule has 1 saturated heterocycles. The molecule has 1 amide bonds. The molecule has 1 rings (SSSR count). The van der Waals surface area contributed by atoms with E-state index in [9.17, 15) is 4.79 Å². The first-order valence-corrected chi connectivity index (χ1v) is 8.69. The second-order valence-electron chi connectivity index (χ2n) is 7.12. The summed E-state index contributed by atoms with van der Waals surface area (Å²) in [5.41, 5.74) is 5.96. The average Bonchev–Trinajstić information content (AvgIpc) is 2.49. The molecule has 0 saturated carbocycles. The lowest BCUT2D eigenvalue weighted by Gasteiger charge is -2.32. The maximum atomic E-state index is 12.0. The van der Waals surface area contributed by atoms with E-state index in [-0.39, 0.29) is 17.9 Å². The van der Waals surface area contributed by atoms with Crippen LogP contribution in [0.5, 0.6) is 0 Å². The quantitative estimate of drug-likeness (QED) is 0.722. The van der Waals surface area contributed by atoms with Crippen LogP contribution in [-0.2, 0) is 4.79 Å². The van der Waals surface area contributed by atoms with Crippen molar-refractivity contribution in [3.05, 3.63) is 0 Å². The Morgan fingerprint density at radius 2 is 1.90 bits per heavy atom. The highest BCUT2D eigenvalue weighted by Gasteiger charge is 2.22. The first kappa shape index (κ1) is 18.4. The van der Waals surface area contributed by atoms with Crippen LogP contribution < -0.4 is 11.1 Å². The van der Waals surface area contributed by atoms with Gasteiger partial charge < -0.3 is 16.0 Å². The van der Waals surface area contributed by atoms with E-state index in [2.05, 4.69) is 31.0 Å². The van der Waals surface area contributed by atoms with Crippen molar-refractivity contribution in [1.82, 2.24) is 10.2 Å². The summed E-state index contributed by atoms with van der Waals surface area (Å²) in [7, 11) is 0. The van der Waals surface area contributed by atoms with Crippen LogP contribution >= 0.6 is 0 Å². The molecule has 2 atom stereocenters. The molecule has 1 aliphatic rings. The van der Waals surface area contributed by atoms with Crippen LogP contribution in [-0.4, -0.2) is 43.0 Å². The zero-order valence-electron chi connectivity index (χ0n) is 14.4. The second-order valence-corrected chi connectivity index (χ2v) is 7.12. The maximum Gasteiger partial charge on any atom is 0.237 e. The Morgan fingerprint density at radius 1 is 1.29 bits per heavy atom. The van der Waals surface area contributed by atoms with E-state index >= 15 is 0 Å². The number of amides is 1. The Hall–Kier alpha value is -0.610. The summed E-state index contributed by atoms with van der Waals surface area (Å²) in [6.07, 6.45) is 4.61. The summed E-state index contributed by atoms with van der Waals surface area (Å²) in [6.45, 7) is 13.0. The van der Waals surface area contributed by atoms with E-state index in [0.29, 0.717) is 5.92 Å². The number of nitrogens with zero attached hydrogens (tertiary/aromatic N) is 1. The van der Waals surface area contributed by atoms with Gasteiger partial charge in [0, 0.05) is 6.54 Å². The van der Waals surface area contributed by atoms with E-state index in [0.717, 1.165) is 18.9 Å². The summed E-state index contributed by atoms with van der Waals surface area (Å²) in [4.78, 5) is 14.5. The van der Waals surface area contributed by atoms with Crippen molar-refractivity contribution in [1.29, 1.82) is 0 Å². The largest absolute Gasteiger partial charge is 0.354 e. The number of nitrogens with two attached hydrogens (primary N) is 1. The number of hydrogen-bond acceptors (Lipinski definition) is 3. The van der Waals surface area contributed by atoms with Crippen LogP contribution in [0.2, 0.25) is 0 Å². The predicted octanol–water partition coefficient (Wildman–Crippen LogP) is 2.23. The Morgan fingerprint density at radius 3 is 2.43 bits per heavy atom. The van der Waals surface area contributed by atoms with E-state index in [1.165, 1.54) is 38.9 Å². The molecule has 1 fully saturated rings. The van der Waals surface area contributed by atoms with Gasteiger partial charge in [-0.3, -0.25) is 4.79 Å². The maximum absolute atomic E-state index is 12.0. The van der Waals surface area contributed by atoms with Gasteiger partial charge in [0.1, 0.15) is 0 Å². The lowest BCUT2D eigenvalue weighted by Crippen LogP contribution is -2.47. The predicted molar refractivity (Wildman–Crippen MR) is 89.1 cm³/mol. The average molecular weight is 297 g/mol. The second kappa shape index (κ2) is 9.42. The van der Waals surface area contributed by atoms with E-state index < -0.39 is 0 Å². The Bertz CT molecular complexity index is 298. The number of rotatable bonds is 8. The molecule has 0 aromatic carbocycles. The number of carbonyl (C=O) groups excluding carboxylic acids is 1. The molecule has 4 heteroatoms. The molecule has 3 N–H and O–H groups in total. The van der Waals surface area contributed by atoms with Crippen molar-refractivity contribution in [2.75, 3.05) is 26.2 Å². The molecule has 0 aromatic heterocycles. The van der Waals surface area contributed by atoms with E-state index in [4.69, 9.17) is 5.73 Å². The lowest BCUT2D eigenvalue weighted by atomic mass is 9.95. The van der Waals surface area contributed by atoms with E-state index in [1.807, 2.05) is 6.92 Å². The van der Waals surface area contributed by atoms with Gasteiger partial charge in [-0.2, -0.15) is 0 Å². The molecule has 1 aliphatic heterocycles. The van der Waals surface area contributed by atoms with Crippen LogP contribution in [0, 0.1) is 17.8 Å². The third-order valence-corrected chi connectivity index (χ3v) is 4.85. The van der Waals surface area contributed by atoms with Gasteiger partial charge in [0.2, 0.25) is 5.91 Å². The number of carbonyl (C=O) groups is 1. The summed E-state index contributed by atoms with van der Waals surface area (Å²) >= 11 is 0. The fraction of sp³-hybridized carbons (Fsp3) is 0.941. The van der Waals surface area contributed by atoms with Gasteiger partial charge in [-0.15, -0.1) is 0 Å². The van der Waals surface area contributed by atoms with Crippen LogP contribution in [0.4, 0.5) is 0 Å². The molecular formula is C17H35N3O. The topological polar surface area (TPSA) is 58.4 Å². The standard InChI is InChI=1S/C17H35N3O/c1-5-14(4)16(18)17(21)19-12-15-7-10-20(11-8-15)9-6-13(2)3/h13-16H,5-12,18H2,1-4H3,(H,19,21). The van der Waals surface area contributed by atoms with Crippen molar-refractivity contribution in [2.45, 2.75) is 59.4 Å². The van der Waals surface area contributed by atoms with Gasteiger partial charge in [-0.05, 0) is 56.7 Å². The van der Waals surface area contributed by atoms with Crippen molar-refractivity contribution < 1.29 is 4.79 Å². The molecule has 0 bridgehead atoms. The fourth-order valence-corrected chi connectivity index (χ4v) is 2.73. The third kappa shape index (κ3) is 6.79. The molecule has 4 nitrogen and oxygen atoms in total. The van der Waals surface area contributed by atoms with Crippen LogP contribution in [0.15, 0.2) is 0 Å². The smallest absolute Gasteiger partial charge is 0.237 e. The molecule has 21 heavy (non-hydrogen) atoms. The highest BCUT2D eigenvalue weighted by atomic mass is 16.2. The Labute approximate surface area is 130 Å². The molecule has 2 unspecified atom stereocenters. The van der Waals surface area contributed by atoms with Crippen molar-refractivity contribution in [2.24, 2.45) is 23.5 Å². The van der Waals surface area contributed by atoms with Crippen LogP contribution in [0.1, 0.15) is 53.4 Å². The number of likely N-dealkylation sites (tertiary alicyclic amines) is 1. The lowest BCUT2D eigenvalue weighted by molar-refractivity contribution is -0.123. The van der Waals surface area contributed by atoms with Crippen molar-refractivity contribution >= 4 is 5.91 Å². The summed E-state index contributed by atoms with van der Waals surface area (Å²) in [6, 6.07) is -0.360. The van der Waals surface area contributed by atoms with Gasteiger partial charge in [-0.1, -0.05) is 34.1 Å². The molecule has 0 spiro atoms. The zero-order valence-corrected chi connectivity index (χ0v) is 14.4.